The van der Waals surface area contributed by atoms with E-state index in [9.17, 15) is 9.18 Å². The molecule has 0 atom stereocenters. The zero-order chi connectivity index (χ0) is 11.6. The van der Waals surface area contributed by atoms with Gasteiger partial charge in [0, 0.05) is 11.6 Å². The molecule has 0 radical (unpaired) electrons. The lowest BCUT2D eigenvalue weighted by molar-refractivity contribution is 0.0744. The standard InChI is InChI=1S/C13H16FNO/c1-13(6-3-2-4-7-13)12(16)10-5-8-15-9-11(10)14/h5,8-9H,2-4,6-7H2,1H3. The second-order valence-corrected chi connectivity index (χ2v) is 4.81. The summed E-state index contributed by atoms with van der Waals surface area (Å²) in [5.74, 6) is -0.564. The molecule has 16 heavy (non-hydrogen) atoms. The lowest BCUT2D eigenvalue weighted by Gasteiger charge is -2.32. The lowest BCUT2D eigenvalue weighted by Crippen LogP contribution is -2.31. The van der Waals surface area contributed by atoms with Gasteiger partial charge in [0.05, 0.1) is 11.8 Å². The average molecular weight is 221 g/mol. The minimum atomic E-state index is -0.501. The summed E-state index contributed by atoms with van der Waals surface area (Å²) < 4.78 is 13.5. The van der Waals surface area contributed by atoms with E-state index < -0.39 is 5.82 Å². The van der Waals surface area contributed by atoms with Gasteiger partial charge in [-0.1, -0.05) is 26.2 Å². The Morgan fingerprint density at radius 1 is 1.38 bits per heavy atom. The number of Topliss-reactive ketones (excluding diaryl/α,β-unsaturated/α-hetero) is 1. The summed E-state index contributed by atoms with van der Waals surface area (Å²) in [6.45, 7) is 1.95. The highest BCUT2D eigenvalue weighted by molar-refractivity contribution is 6.00. The van der Waals surface area contributed by atoms with Crippen molar-refractivity contribution in [3.63, 3.8) is 0 Å². The van der Waals surface area contributed by atoms with Crippen LogP contribution in [0, 0.1) is 11.2 Å². The van der Waals surface area contributed by atoms with Crippen molar-refractivity contribution in [2.24, 2.45) is 5.41 Å². The van der Waals surface area contributed by atoms with Crippen molar-refractivity contribution in [3.05, 3.63) is 29.8 Å². The third kappa shape index (κ3) is 1.99. The first kappa shape index (κ1) is 11.2. The monoisotopic (exact) mass is 221 g/mol. The zero-order valence-corrected chi connectivity index (χ0v) is 9.50. The summed E-state index contributed by atoms with van der Waals surface area (Å²) >= 11 is 0. The van der Waals surface area contributed by atoms with Crippen molar-refractivity contribution >= 4 is 5.78 Å². The second-order valence-electron chi connectivity index (χ2n) is 4.81. The molecule has 0 spiro atoms. The predicted molar refractivity (Wildman–Crippen MR) is 59.7 cm³/mol. The van der Waals surface area contributed by atoms with E-state index in [-0.39, 0.29) is 16.8 Å². The van der Waals surface area contributed by atoms with Crippen LogP contribution in [-0.4, -0.2) is 10.8 Å². The summed E-state index contributed by atoms with van der Waals surface area (Å²) in [4.78, 5) is 15.9. The summed E-state index contributed by atoms with van der Waals surface area (Å²) in [5.41, 5.74) is -0.181. The van der Waals surface area contributed by atoms with Crippen molar-refractivity contribution < 1.29 is 9.18 Å². The molecule has 1 aromatic rings. The molecule has 0 N–H and O–H groups in total. The Bertz CT molecular complexity index is 397. The summed E-state index contributed by atoms with van der Waals surface area (Å²) in [7, 11) is 0. The number of pyridine rings is 1. The molecular formula is C13H16FNO. The Labute approximate surface area is 94.9 Å². The molecule has 0 aromatic carbocycles. The van der Waals surface area contributed by atoms with Crippen LogP contribution in [0.15, 0.2) is 18.5 Å². The van der Waals surface area contributed by atoms with Crippen molar-refractivity contribution in [3.8, 4) is 0 Å². The van der Waals surface area contributed by atoms with E-state index in [0.29, 0.717) is 0 Å². The van der Waals surface area contributed by atoms with Gasteiger partial charge in [-0.05, 0) is 18.9 Å². The van der Waals surface area contributed by atoms with Crippen LogP contribution in [0.1, 0.15) is 49.4 Å². The molecule has 0 unspecified atom stereocenters. The number of carbonyl (C=O) groups excluding carboxylic acids is 1. The molecule has 0 amide bonds. The number of carbonyl (C=O) groups is 1. The van der Waals surface area contributed by atoms with E-state index in [0.717, 1.165) is 31.9 Å². The van der Waals surface area contributed by atoms with E-state index in [2.05, 4.69) is 4.98 Å². The van der Waals surface area contributed by atoms with E-state index in [1.807, 2.05) is 6.92 Å². The highest BCUT2D eigenvalue weighted by atomic mass is 19.1. The topological polar surface area (TPSA) is 30.0 Å². The van der Waals surface area contributed by atoms with E-state index in [1.54, 1.807) is 0 Å². The van der Waals surface area contributed by atoms with Crippen LogP contribution in [0.2, 0.25) is 0 Å². The molecule has 3 heteroatoms. The SMILES string of the molecule is CC1(C(=O)c2ccncc2F)CCCCC1. The molecule has 1 aromatic heterocycles. The molecule has 2 rings (SSSR count). The van der Waals surface area contributed by atoms with Gasteiger partial charge >= 0.3 is 0 Å². The Balaban J connectivity index is 2.28. The maximum absolute atomic E-state index is 13.5. The van der Waals surface area contributed by atoms with Gasteiger partial charge in [-0.15, -0.1) is 0 Å². The van der Waals surface area contributed by atoms with Crippen molar-refractivity contribution in [1.29, 1.82) is 0 Å². The minimum absolute atomic E-state index is 0.0629. The van der Waals surface area contributed by atoms with Crippen LogP contribution in [0.4, 0.5) is 4.39 Å². The fourth-order valence-corrected chi connectivity index (χ4v) is 2.44. The maximum Gasteiger partial charge on any atom is 0.171 e. The van der Waals surface area contributed by atoms with Crippen LogP contribution < -0.4 is 0 Å². The van der Waals surface area contributed by atoms with Crippen molar-refractivity contribution in [2.45, 2.75) is 39.0 Å². The largest absolute Gasteiger partial charge is 0.293 e. The Morgan fingerprint density at radius 3 is 2.69 bits per heavy atom. The predicted octanol–water partition coefficient (Wildman–Crippen LogP) is 3.37. The van der Waals surface area contributed by atoms with Gasteiger partial charge in [-0.25, -0.2) is 4.39 Å². The van der Waals surface area contributed by atoms with E-state index in [4.69, 9.17) is 0 Å². The summed E-state index contributed by atoms with van der Waals surface area (Å²) in [6.07, 6.45) is 7.63. The van der Waals surface area contributed by atoms with Gasteiger partial charge < -0.3 is 0 Å². The molecule has 1 aliphatic rings. The Hall–Kier alpha value is -1.25. The summed E-state index contributed by atoms with van der Waals surface area (Å²) in [5, 5.41) is 0. The number of halogens is 1. The van der Waals surface area contributed by atoms with Crippen molar-refractivity contribution in [2.75, 3.05) is 0 Å². The first-order valence-electron chi connectivity index (χ1n) is 5.78. The smallest absolute Gasteiger partial charge is 0.171 e. The third-order valence-electron chi connectivity index (χ3n) is 3.52. The van der Waals surface area contributed by atoms with Gasteiger partial charge in [-0.2, -0.15) is 0 Å². The van der Waals surface area contributed by atoms with Gasteiger partial charge in [0.2, 0.25) is 0 Å². The van der Waals surface area contributed by atoms with Gasteiger partial charge in [0.25, 0.3) is 0 Å². The second kappa shape index (κ2) is 4.32. The van der Waals surface area contributed by atoms with E-state index in [1.165, 1.54) is 18.7 Å². The van der Waals surface area contributed by atoms with Crippen LogP contribution in [0.25, 0.3) is 0 Å². The third-order valence-corrected chi connectivity index (χ3v) is 3.52. The normalized spacial score (nSPS) is 19.4. The highest BCUT2D eigenvalue weighted by Crippen LogP contribution is 2.38. The fraction of sp³-hybridized carbons (Fsp3) is 0.538. The number of hydrogen-bond donors (Lipinski definition) is 0. The van der Waals surface area contributed by atoms with Crippen LogP contribution >= 0.6 is 0 Å². The molecule has 1 heterocycles. The molecule has 0 aliphatic heterocycles. The first-order valence-corrected chi connectivity index (χ1v) is 5.78. The molecule has 0 saturated heterocycles. The van der Waals surface area contributed by atoms with Gasteiger partial charge in [-0.3, -0.25) is 9.78 Å². The Morgan fingerprint density at radius 2 is 2.06 bits per heavy atom. The van der Waals surface area contributed by atoms with Crippen LogP contribution in [-0.2, 0) is 0 Å². The minimum Gasteiger partial charge on any atom is -0.293 e. The van der Waals surface area contributed by atoms with E-state index >= 15 is 0 Å². The zero-order valence-electron chi connectivity index (χ0n) is 9.50. The maximum atomic E-state index is 13.5. The Kier molecular flexibility index (Phi) is 3.03. The number of hydrogen-bond acceptors (Lipinski definition) is 2. The molecule has 2 nitrogen and oxygen atoms in total. The molecule has 1 fully saturated rings. The quantitative estimate of drug-likeness (QED) is 0.717. The number of ketones is 1. The van der Waals surface area contributed by atoms with Crippen molar-refractivity contribution in [1.82, 2.24) is 4.98 Å². The molecule has 0 bridgehead atoms. The molecular weight excluding hydrogens is 205 g/mol. The van der Waals surface area contributed by atoms with Crippen LogP contribution in [0.3, 0.4) is 0 Å². The summed E-state index contributed by atoms with van der Waals surface area (Å²) in [6, 6.07) is 1.48. The molecule has 1 aliphatic carbocycles. The van der Waals surface area contributed by atoms with Crippen LogP contribution in [0.5, 0.6) is 0 Å². The fourth-order valence-electron chi connectivity index (χ4n) is 2.44. The van der Waals surface area contributed by atoms with Gasteiger partial charge in [0.1, 0.15) is 0 Å². The highest BCUT2D eigenvalue weighted by Gasteiger charge is 2.36. The lowest BCUT2D eigenvalue weighted by atomic mass is 9.71. The number of nitrogens with zero attached hydrogens (tertiary/aromatic N) is 1. The first-order chi connectivity index (χ1) is 7.63. The molecule has 86 valence electrons. The van der Waals surface area contributed by atoms with Gasteiger partial charge in [0.15, 0.2) is 11.6 Å². The number of aromatic nitrogens is 1. The molecule has 1 saturated carbocycles. The number of rotatable bonds is 2. The average Bonchev–Trinajstić information content (AvgIpc) is 2.30.